The first-order valence-electron chi connectivity index (χ1n) is 5.97. The van der Waals surface area contributed by atoms with Crippen LogP contribution >= 0.6 is 11.3 Å². The zero-order valence-electron chi connectivity index (χ0n) is 10.2. The van der Waals surface area contributed by atoms with E-state index in [4.69, 9.17) is 5.11 Å². The van der Waals surface area contributed by atoms with Gasteiger partial charge in [-0.2, -0.15) is 0 Å². The minimum absolute atomic E-state index is 0.163. The lowest BCUT2D eigenvalue weighted by atomic mass is 10.0. The van der Waals surface area contributed by atoms with Crippen molar-refractivity contribution >= 4 is 22.4 Å². The molecule has 2 unspecified atom stereocenters. The fourth-order valence-corrected chi connectivity index (χ4v) is 2.96. The Balaban J connectivity index is 1.96. The average Bonchev–Trinajstić information content (AvgIpc) is 2.84. The highest BCUT2D eigenvalue weighted by Gasteiger charge is 2.27. The number of aliphatic carboxylic acids is 1. The SMILES string of the molecule is CC1CN(c2nc(CCC(=O)O)cs2)CC1C. The Labute approximate surface area is 105 Å². The summed E-state index contributed by atoms with van der Waals surface area (Å²) in [6.45, 7) is 6.66. The Morgan fingerprint density at radius 3 is 2.76 bits per heavy atom. The normalized spacial score (nSPS) is 24.2. The molecule has 0 aromatic carbocycles. The second kappa shape index (κ2) is 5.04. The third kappa shape index (κ3) is 2.97. The van der Waals surface area contributed by atoms with Gasteiger partial charge in [-0.05, 0) is 11.8 Å². The van der Waals surface area contributed by atoms with E-state index in [-0.39, 0.29) is 6.42 Å². The van der Waals surface area contributed by atoms with Gasteiger partial charge in [-0.1, -0.05) is 13.8 Å². The predicted octanol–water partition coefficient (Wildman–Crippen LogP) is 2.25. The van der Waals surface area contributed by atoms with Gasteiger partial charge in [0.25, 0.3) is 0 Å². The van der Waals surface area contributed by atoms with Gasteiger partial charge in [0, 0.05) is 24.9 Å². The Hall–Kier alpha value is -1.10. The zero-order chi connectivity index (χ0) is 12.4. The van der Waals surface area contributed by atoms with Crippen molar-refractivity contribution in [2.75, 3.05) is 18.0 Å². The molecule has 0 saturated carbocycles. The molecule has 94 valence electrons. The summed E-state index contributed by atoms with van der Waals surface area (Å²) in [6.07, 6.45) is 0.695. The summed E-state index contributed by atoms with van der Waals surface area (Å²) >= 11 is 1.62. The first-order valence-corrected chi connectivity index (χ1v) is 6.85. The average molecular weight is 254 g/mol. The Kier molecular flexibility index (Phi) is 3.66. The molecule has 1 aromatic heterocycles. The molecule has 2 rings (SSSR count). The molecule has 2 atom stereocenters. The summed E-state index contributed by atoms with van der Waals surface area (Å²) in [6, 6.07) is 0. The van der Waals surface area contributed by atoms with E-state index in [1.165, 1.54) is 0 Å². The van der Waals surface area contributed by atoms with Crippen LogP contribution in [0.4, 0.5) is 5.13 Å². The number of hydrogen-bond donors (Lipinski definition) is 1. The number of aromatic nitrogens is 1. The van der Waals surface area contributed by atoms with Gasteiger partial charge in [0.15, 0.2) is 5.13 Å². The molecule has 4 nitrogen and oxygen atoms in total. The molecule has 0 aliphatic carbocycles. The van der Waals surface area contributed by atoms with Gasteiger partial charge in [0.2, 0.25) is 0 Å². The van der Waals surface area contributed by atoms with Crippen LogP contribution < -0.4 is 4.90 Å². The van der Waals surface area contributed by atoms with Crippen LogP contribution in [0.3, 0.4) is 0 Å². The molecule has 1 aliphatic rings. The van der Waals surface area contributed by atoms with Gasteiger partial charge in [0.05, 0.1) is 12.1 Å². The number of thiazole rings is 1. The lowest BCUT2D eigenvalue weighted by Crippen LogP contribution is -2.19. The second-order valence-electron chi connectivity index (χ2n) is 4.87. The predicted molar refractivity (Wildman–Crippen MR) is 68.6 cm³/mol. The monoisotopic (exact) mass is 254 g/mol. The largest absolute Gasteiger partial charge is 0.481 e. The molecule has 0 amide bonds. The Bertz CT molecular complexity index is 395. The highest BCUT2D eigenvalue weighted by Crippen LogP contribution is 2.30. The number of nitrogens with zero attached hydrogens (tertiary/aromatic N) is 2. The van der Waals surface area contributed by atoms with E-state index in [9.17, 15) is 4.79 Å². The second-order valence-corrected chi connectivity index (χ2v) is 5.71. The maximum atomic E-state index is 10.5. The molecular weight excluding hydrogens is 236 g/mol. The van der Waals surface area contributed by atoms with Crippen molar-refractivity contribution in [3.63, 3.8) is 0 Å². The molecule has 5 heteroatoms. The van der Waals surface area contributed by atoms with E-state index in [0.29, 0.717) is 18.3 Å². The minimum atomic E-state index is -0.761. The molecule has 17 heavy (non-hydrogen) atoms. The van der Waals surface area contributed by atoms with Crippen molar-refractivity contribution in [1.29, 1.82) is 0 Å². The van der Waals surface area contributed by atoms with Crippen LogP contribution in [0, 0.1) is 11.8 Å². The van der Waals surface area contributed by atoms with E-state index in [2.05, 4.69) is 23.7 Å². The van der Waals surface area contributed by atoms with Crippen molar-refractivity contribution < 1.29 is 9.90 Å². The molecule has 1 aliphatic heterocycles. The highest BCUT2D eigenvalue weighted by atomic mass is 32.1. The summed E-state index contributed by atoms with van der Waals surface area (Å²) in [5.74, 6) is 0.658. The third-order valence-corrected chi connectivity index (χ3v) is 4.34. The van der Waals surface area contributed by atoms with Crippen molar-refractivity contribution in [3.05, 3.63) is 11.1 Å². The van der Waals surface area contributed by atoms with Crippen molar-refractivity contribution in [2.45, 2.75) is 26.7 Å². The van der Waals surface area contributed by atoms with Crippen molar-refractivity contribution in [1.82, 2.24) is 4.98 Å². The summed E-state index contributed by atoms with van der Waals surface area (Å²) in [4.78, 5) is 17.3. The molecule has 1 saturated heterocycles. The molecule has 1 fully saturated rings. The molecule has 2 heterocycles. The molecule has 0 bridgehead atoms. The van der Waals surface area contributed by atoms with E-state index in [1.54, 1.807) is 11.3 Å². The fraction of sp³-hybridized carbons (Fsp3) is 0.667. The number of carboxylic acid groups (broad SMARTS) is 1. The Morgan fingerprint density at radius 2 is 2.18 bits per heavy atom. The van der Waals surface area contributed by atoms with Crippen LogP contribution in [-0.4, -0.2) is 29.1 Å². The van der Waals surface area contributed by atoms with Gasteiger partial charge < -0.3 is 10.0 Å². The van der Waals surface area contributed by atoms with Crippen molar-refractivity contribution in [2.24, 2.45) is 11.8 Å². The zero-order valence-corrected chi connectivity index (χ0v) is 11.0. The number of aryl methyl sites for hydroxylation is 1. The van der Waals surface area contributed by atoms with Crippen LogP contribution in [-0.2, 0) is 11.2 Å². The molecule has 0 spiro atoms. The minimum Gasteiger partial charge on any atom is -0.481 e. The standard InChI is InChI=1S/C12H18N2O2S/c1-8-5-14(6-9(8)2)12-13-10(7-17-12)3-4-11(15)16/h7-9H,3-6H2,1-2H3,(H,15,16). The van der Waals surface area contributed by atoms with Gasteiger partial charge in [-0.25, -0.2) is 4.98 Å². The quantitative estimate of drug-likeness (QED) is 0.895. The number of rotatable bonds is 4. The lowest BCUT2D eigenvalue weighted by molar-refractivity contribution is -0.136. The van der Waals surface area contributed by atoms with Crippen LogP contribution in [0.15, 0.2) is 5.38 Å². The van der Waals surface area contributed by atoms with Gasteiger partial charge in [-0.3, -0.25) is 4.79 Å². The van der Waals surface area contributed by atoms with E-state index in [1.807, 2.05) is 5.38 Å². The van der Waals surface area contributed by atoms with Crippen LogP contribution in [0.25, 0.3) is 0 Å². The van der Waals surface area contributed by atoms with E-state index < -0.39 is 5.97 Å². The smallest absolute Gasteiger partial charge is 0.303 e. The van der Waals surface area contributed by atoms with Crippen molar-refractivity contribution in [3.8, 4) is 0 Å². The topological polar surface area (TPSA) is 53.4 Å². The fourth-order valence-electron chi connectivity index (χ4n) is 2.08. The Morgan fingerprint density at radius 1 is 1.53 bits per heavy atom. The van der Waals surface area contributed by atoms with Crippen LogP contribution in [0.2, 0.25) is 0 Å². The molecular formula is C12H18N2O2S. The van der Waals surface area contributed by atoms with Gasteiger partial charge >= 0.3 is 5.97 Å². The van der Waals surface area contributed by atoms with E-state index >= 15 is 0 Å². The molecule has 1 aromatic rings. The first kappa shape index (κ1) is 12.4. The van der Waals surface area contributed by atoms with E-state index in [0.717, 1.165) is 23.9 Å². The first-order chi connectivity index (χ1) is 8.06. The van der Waals surface area contributed by atoms with Gasteiger partial charge in [-0.15, -0.1) is 11.3 Å². The molecule has 1 N–H and O–H groups in total. The number of hydrogen-bond acceptors (Lipinski definition) is 4. The summed E-state index contributed by atoms with van der Waals surface area (Å²) in [5, 5.41) is 11.6. The maximum Gasteiger partial charge on any atom is 0.303 e. The number of carbonyl (C=O) groups is 1. The summed E-state index contributed by atoms with van der Waals surface area (Å²) < 4.78 is 0. The van der Waals surface area contributed by atoms with Crippen LogP contribution in [0.5, 0.6) is 0 Å². The molecule has 0 radical (unpaired) electrons. The maximum absolute atomic E-state index is 10.5. The summed E-state index contributed by atoms with van der Waals surface area (Å²) in [7, 11) is 0. The lowest BCUT2D eigenvalue weighted by Gasteiger charge is -2.13. The summed E-state index contributed by atoms with van der Waals surface area (Å²) in [5.41, 5.74) is 0.902. The number of anilines is 1. The third-order valence-electron chi connectivity index (χ3n) is 3.39. The van der Waals surface area contributed by atoms with Gasteiger partial charge in [0.1, 0.15) is 0 Å². The van der Waals surface area contributed by atoms with Crippen LogP contribution in [0.1, 0.15) is 26.0 Å². The number of carboxylic acids is 1. The highest BCUT2D eigenvalue weighted by molar-refractivity contribution is 7.13.